The van der Waals surface area contributed by atoms with Gasteiger partial charge in [-0.3, -0.25) is 4.79 Å². The number of amides is 1. The summed E-state index contributed by atoms with van der Waals surface area (Å²) in [5, 5.41) is 4.95. The van der Waals surface area contributed by atoms with E-state index in [2.05, 4.69) is 21.2 Å². The smallest absolute Gasteiger partial charge is 0.344 e. The van der Waals surface area contributed by atoms with Gasteiger partial charge in [0.1, 0.15) is 5.69 Å². The zero-order valence-corrected chi connectivity index (χ0v) is 18.8. The molecule has 0 saturated heterocycles. The minimum Gasteiger partial charge on any atom is -0.344 e. The number of hydrogen-bond acceptors (Lipinski definition) is 2. The second kappa shape index (κ2) is 8.51. The van der Waals surface area contributed by atoms with Crippen LogP contribution in [0.5, 0.6) is 0 Å². The molecule has 0 aliphatic heterocycles. The van der Waals surface area contributed by atoms with Crippen molar-refractivity contribution < 1.29 is 18.0 Å². The molecule has 0 bridgehead atoms. The summed E-state index contributed by atoms with van der Waals surface area (Å²) in [5.74, 6) is -0.237. The maximum atomic E-state index is 13.1. The van der Waals surface area contributed by atoms with Crippen LogP contribution in [0.1, 0.15) is 40.1 Å². The highest BCUT2D eigenvalue weighted by Crippen LogP contribution is 2.34. The third kappa shape index (κ3) is 4.55. The molecule has 4 rings (SSSR count). The molecule has 0 spiro atoms. The quantitative estimate of drug-likeness (QED) is 0.310. The van der Waals surface area contributed by atoms with E-state index in [1.807, 2.05) is 53.3 Å². The molecule has 8 heteroatoms. The first-order chi connectivity index (χ1) is 14.7. The molecule has 160 valence electrons. The molecule has 0 fully saturated rings. The van der Waals surface area contributed by atoms with Crippen molar-refractivity contribution in [1.82, 2.24) is 9.88 Å². The maximum Gasteiger partial charge on any atom is 0.416 e. The molecule has 0 aliphatic rings. The van der Waals surface area contributed by atoms with E-state index in [4.69, 9.17) is 0 Å². The molecule has 2 heterocycles. The van der Waals surface area contributed by atoms with E-state index in [1.54, 1.807) is 0 Å². The Bertz CT molecular complexity index is 1210. The summed E-state index contributed by atoms with van der Waals surface area (Å²) in [4.78, 5) is 13.1. The Kier molecular flexibility index (Phi) is 5.94. The predicted molar refractivity (Wildman–Crippen MR) is 120 cm³/mol. The summed E-state index contributed by atoms with van der Waals surface area (Å²) in [5.41, 5.74) is 2.28. The fourth-order valence-corrected chi connectivity index (χ4v) is 5.15. The average molecular weight is 507 g/mol. The number of nitrogens with zero attached hydrogens (tertiary/aromatic N) is 1. The van der Waals surface area contributed by atoms with E-state index >= 15 is 0 Å². The van der Waals surface area contributed by atoms with Gasteiger partial charge in [0, 0.05) is 11.9 Å². The van der Waals surface area contributed by atoms with Crippen LogP contribution in [0.3, 0.4) is 0 Å². The zero-order chi connectivity index (χ0) is 22.2. The second-order valence-electron chi connectivity index (χ2n) is 7.21. The van der Waals surface area contributed by atoms with Crippen LogP contribution in [0.25, 0.3) is 10.2 Å². The Balaban J connectivity index is 1.65. The molecular weight excluding hydrogens is 489 g/mol. The largest absolute Gasteiger partial charge is 0.416 e. The lowest BCUT2D eigenvalue weighted by Crippen LogP contribution is -2.28. The minimum atomic E-state index is -4.38. The molecule has 0 radical (unpaired) electrons. The van der Waals surface area contributed by atoms with E-state index < -0.39 is 11.7 Å². The molecule has 0 unspecified atom stereocenters. The van der Waals surface area contributed by atoms with Crippen molar-refractivity contribution >= 4 is 43.4 Å². The van der Waals surface area contributed by atoms with Gasteiger partial charge in [-0.1, -0.05) is 42.5 Å². The van der Waals surface area contributed by atoms with Crippen molar-refractivity contribution in [2.24, 2.45) is 0 Å². The van der Waals surface area contributed by atoms with Crippen LogP contribution in [0.4, 0.5) is 13.2 Å². The molecule has 0 aliphatic carbocycles. The fraction of sp³-hybridized carbons (Fsp3) is 0.174. The Hall–Kier alpha value is -2.58. The van der Waals surface area contributed by atoms with E-state index in [-0.39, 0.29) is 18.5 Å². The molecule has 1 amide bonds. The highest BCUT2D eigenvalue weighted by atomic mass is 79.9. The van der Waals surface area contributed by atoms with Gasteiger partial charge in [-0.15, -0.1) is 11.3 Å². The Morgan fingerprint density at radius 3 is 2.45 bits per heavy atom. The van der Waals surface area contributed by atoms with Crippen LogP contribution >= 0.6 is 27.3 Å². The summed E-state index contributed by atoms with van der Waals surface area (Å²) < 4.78 is 42.3. The highest BCUT2D eigenvalue weighted by molar-refractivity contribution is 9.10. The van der Waals surface area contributed by atoms with Crippen LogP contribution in [0.15, 0.2) is 70.5 Å². The van der Waals surface area contributed by atoms with Crippen molar-refractivity contribution in [3.8, 4) is 0 Å². The third-order valence-electron chi connectivity index (χ3n) is 5.08. The number of carbonyl (C=O) groups excluding carboxylic acids is 1. The monoisotopic (exact) mass is 506 g/mol. The summed E-state index contributed by atoms with van der Waals surface area (Å²) in [6, 6.07) is 16.3. The van der Waals surface area contributed by atoms with E-state index in [9.17, 15) is 18.0 Å². The average Bonchev–Trinajstić information content (AvgIpc) is 3.28. The minimum absolute atomic E-state index is 0.190. The lowest BCUT2D eigenvalue weighted by molar-refractivity contribution is -0.137. The predicted octanol–water partition coefficient (Wildman–Crippen LogP) is 7.02. The Morgan fingerprint density at radius 2 is 1.81 bits per heavy atom. The summed E-state index contributed by atoms with van der Waals surface area (Å²) in [7, 11) is 0. The van der Waals surface area contributed by atoms with Gasteiger partial charge in [0.05, 0.1) is 26.3 Å². The van der Waals surface area contributed by atoms with Gasteiger partial charge >= 0.3 is 6.18 Å². The zero-order valence-electron chi connectivity index (χ0n) is 16.4. The van der Waals surface area contributed by atoms with Crippen LogP contribution in [0.2, 0.25) is 0 Å². The number of aromatic nitrogens is 1. The maximum absolute atomic E-state index is 13.1. The number of rotatable bonds is 5. The first-order valence-corrected chi connectivity index (χ1v) is 11.2. The third-order valence-corrected chi connectivity index (χ3v) is 6.91. The van der Waals surface area contributed by atoms with Crippen molar-refractivity contribution in [3.63, 3.8) is 0 Å². The van der Waals surface area contributed by atoms with Gasteiger partial charge in [-0.2, -0.15) is 13.2 Å². The summed E-state index contributed by atoms with van der Waals surface area (Å²) in [6.45, 7) is 2.19. The molecular formula is C23H18BrF3N2OS. The van der Waals surface area contributed by atoms with Gasteiger partial charge < -0.3 is 9.88 Å². The van der Waals surface area contributed by atoms with Crippen LogP contribution in [0, 0.1) is 0 Å². The first-order valence-electron chi connectivity index (χ1n) is 9.52. The lowest BCUT2D eigenvalue weighted by Gasteiger charge is -2.16. The molecule has 2 aromatic heterocycles. The standard InChI is InChI=1S/C23H18BrF3N2OS/c1-14(16-5-3-2-4-6-16)28-22(30)19-11-20-21(18(24)13-31-20)29(19)12-15-7-9-17(10-8-15)23(25,26)27/h2-11,13-14H,12H2,1H3,(H,28,30)/t14-/m1/s1. The number of nitrogens with one attached hydrogen (secondary N) is 1. The number of thiophene rings is 1. The Labute approximate surface area is 189 Å². The number of benzene rings is 2. The van der Waals surface area contributed by atoms with E-state index in [1.165, 1.54) is 23.5 Å². The second-order valence-corrected chi connectivity index (χ2v) is 8.98. The van der Waals surface area contributed by atoms with Gasteiger partial charge in [0.15, 0.2) is 0 Å². The molecule has 4 aromatic rings. The summed E-state index contributed by atoms with van der Waals surface area (Å²) in [6.07, 6.45) is -4.38. The molecule has 3 nitrogen and oxygen atoms in total. The molecule has 2 aromatic carbocycles. The molecule has 1 atom stereocenters. The van der Waals surface area contributed by atoms with Gasteiger partial charge in [0.2, 0.25) is 0 Å². The van der Waals surface area contributed by atoms with E-state index in [0.29, 0.717) is 11.3 Å². The van der Waals surface area contributed by atoms with Crippen molar-refractivity contribution in [3.05, 3.63) is 92.9 Å². The number of carbonyl (C=O) groups is 1. The fourth-order valence-electron chi connectivity index (χ4n) is 3.46. The van der Waals surface area contributed by atoms with Crippen LogP contribution in [-0.4, -0.2) is 10.5 Å². The number of halogens is 4. The van der Waals surface area contributed by atoms with Crippen LogP contribution in [-0.2, 0) is 12.7 Å². The summed E-state index contributed by atoms with van der Waals surface area (Å²) >= 11 is 5.03. The lowest BCUT2D eigenvalue weighted by atomic mass is 10.1. The molecule has 0 saturated carbocycles. The van der Waals surface area contributed by atoms with Crippen molar-refractivity contribution in [1.29, 1.82) is 0 Å². The SMILES string of the molecule is C[C@@H](NC(=O)c1cc2scc(Br)c2n1Cc1ccc(C(F)(F)F)cc1)c1ccccc1. The topological polar surface area (TPSA) is 34.0 Å². The molecule has 31 heavy (non-hydrogen) atoms. The molecule has 1 N–H and O–H groups in total. The highest BCUT2D eigenvalue weighted by Gasteiger charge is 2.30. The first kappa shape index (κ1) is 21.6. The number of fused-ring (bicyclic) bond motifs is 1. The van der Waals surface area contributed by atoms with E-state index in [0.717, 1.165) is 32.4 Å². The number of alkyl halides is 3. The van der Waals surface area contributed by atoms with Gasteiger partial charge in [0.25, 0.3) is 5.91 Å². The van der Waals surface area contributed by atoms with Gasteiger partial charge in [-0.05, 0) is 52.2 Å². The Morgan fingerprint density at radius 1 is 1.13 bits per heavy atom. The van der Waals surface area contributed by atoms with Crippen molar-refractivity contribution in [2.45, 2.75) is 25.7 Å². The van der Waals surface area contributed by atoms with Crippen LogP contribution < -0.4 is 5.32 Å². The number of hydrogen-bond donors (Lipinski definition) is 1. The van der Waals surface area contributed by atoms with Crippen molar-refractivity contribution in [2.75, 3.05) is 0 Å². The normalized spacial score (nSPS) is 12.8. The van der Waals surface area contributed by atoms with Gasteiger partial charge in [-0.25, -0.2) is 0 Å².